The van der Waals surface area contributed by atoms with Crippen molar-refractivity contribution < 1.29 is 14.7 Å². The summed E-state index contributed by atoms with van der Waals surface area (Å²) in [5.41, 5.74) is 0.705. The summed E-state index contributed by atoms with van der Waals surface area (Å²) in [7, 11) is 1.76. The number of aryl methyl sites for hydroxylation is 1. The number of anilines is 1. The van der Waals surface area contributed by atoms with Crippen LogP contribution in [0, 0.1) is 0 Å². The van der Waals surface area contributed by atoms with Crippen LogP contribution in [0.2, 0.25) is 0 Å². The Morgan fingerprint density at radius 1 is 1.56 bits per heavy atom. The van der Waals surface area contributed by atoms with Gasteiger partial charge in [-0.25, -0.2) is 9.97 Å². The number of aromatic nitrogens is 3. The molecule has 0 saturated carbocycles. The molecular formula is C10H10N4O3S. The van der Waals surface area contributed by atoms with Crippen LogP contribution in [0.15, 0.2) is 17.9 Å². The number of carboxylic acids is 1. The summed E-state index contributed by atoms with van der Waals surface area (Å²) in [5, 5.41) is 13.1. The van der Waals surface area contributed by atoms with Gasteiger partial charge in [-0.1, -0.05) is 0 Å². The minimum absolute atomic E-state index is 0.157. The lowest BCUT2D eigenvalue weighted by atomic mass is 10.3. The molecule has 7 nitrogen and oxygen atoms in total. The summed E-state index contributed by atoms with van der Waals surface area (Å²) >= 11 is 1.18. The zero-order chi connectivity index (χ0) is 13.1. The Bertz CT molecular complexity index is 589. The summed E-state index contributed by atoms with van der Waals surface area (Å²) in [6.45, 7) is 0. The van der Waals surface area contributed by atoms with E-state index in [-0.39, 0.29) is 18.0 Å². The van der Waals surface area contributed by atoms with Crippen molar-refractivity contribution in [2.24, 2.45) is 7.05 Å². The van der Waals surface area contributed by atoms with Crippen LogP contribution >= 0.6 is 11.3 Å². The van der Waals surface area contributed by atoms with Crippen molar-refractivity contribution in [1.82, 2.24) is 14.5 Å². The zero-order valence-electron chi connectivity index (χ0n) is 9.45. The molecule has 2 N–H and O–H groups in total. The minimum Gasteiger partial charge on any atom is -0.481 e. The van der Waals surface area contributed by atoms with E-state index >= 15 is 0 Å². The number of nitrogens with one attached hydrogen (secondary N) is 1. The molecule has 0 radical (unpaired) electrons. The molecule has 2 heterocycles. The largest absolute Gasteiger partial charge is 0.481 e. The quantitative estimate of drug-likeness (QED) is 0.851. The van der Waals surface area contributed by atoms with E-state index in [1.807, 2.05) is 0 Å². The molecule has 0 aliphatic rings. The fraction of sp³-hybridized carbons (Fsp3) is 0.200. The maximum absolute atomic E-state index is 11.7. The number of nitrogens with zero attached hydrogens (tertiary/aromatic N) is 3. The van der Waals surface area contributed by atoms with E-state index in [1.165, 1.54) is 17.7 Å². The first-order chi connectivity index (χ1) is 8.54. The van der Waals surface area contributed by atoms with Crippen LogP contribution in [0.3, 0.4) is 0 Å². The molecule has 0 saturated heterocycles. The van der Waals surface area contributed by atoms with E-state index in [2.05, 4.69) is 15.3 Å². The first kappa shape index (κ1) is 12.2. The van der Waals surface area contributed by atoms with Crippen molar-refractivity contribution >= 4 is 28.3 Å². The third-order valence-corrected chi connectivity index (χ3v) is 2.85. The van der Waals surface area contributed by atoms with Gasteiger partial charge in [-0.3, -0.25) is 14.9 Å². The van der Waals surface area contributed by atoms with Crippen LogP contribution < -0.4 is 5.32 Å². The van der Waals surface area contributed by atoms with E-state index in [4.69, 9.17) is 5.11 Å². The molecule has 2 aromatic heterocycles. The van der Waals surface area contributed by atoms with Crippen LogP contribution in [-0.2, 0) is 18.3 Å². The Morgan fingerprint density at radius 2 is 2.33 bits per heavy atom. The molecule has 2 rings (SSSR count). The molecule has 1 amide bonds. The summed E-state index contributed by atoms with van der Waals surface area (Å²) in [5.74, 6) is -1.32. The van der Waals surface area contributed by atoms with Gasteiger partial charge in [0.05, 0.1) is 18.4 Å². The number of carbonyl (C=O) groups excluding carboxylic acids is 1. The number of carboxylic acid groups (broad SMARTS) is 1. The Hall–Kier alpha value is -2.22. The monoisotopic (exact) mass is 266 g/mol. The van der Waals surface area contributed by atoms with Gasteiger partial charge in [0.1, 0.15) is 5.69 Å². The third kappa shape index (κ3) is 2.92. The highest BCUT2D eigenvalue weighted by atomic mass is 32.1. The fourth-order valence-electron chi connectivity index (χ4n) is 1.29. The number of aliphatic carboxylic acids is 1. The molecule has 0 fully saturated rings. The van der Waals surface area contributed by atoms with Crippen molar-refractivity contribution in [3.05, 3.63) is 29.3 Å². The van der Waals surface area contributed by atoms with E-state index in [0.29, 0.717) is 10.8 Å². The van der Waals surface area contributed by atoms with Crippen LogP contribution in [0.1, 0.15) is 16.2 Å². The second-order valence-corrected chi connectivity index (χ2v) is 4.45. The molecule has 0 unspecified atom stereocenters. The molecular weight excluding hydrogens is 256 g/mol. The van der Waals surface area contributed by atoms with Gasteiger partial charge in [-0.15, -0.1) is 11.3 Å². The Morgan fingerprint density at radius 3 is 2.94 bits per heavy atom. The van der Waals surface area contributed by atoms with Crippen molar-refractivity contribution in [1.29, 1.82) is 0 Å². The SMILES string of the molecule is Cn1cnc(C(=O)Nc2nc(CC(=O)O)cs2)c1. The van der Waals surface area contributed by atoms with Crippen LogP contribution in [0.25, 0.3) is 0 Å². The van der Waals surface area contributed by atoms with Gasteiger partial charge in [0.15, 0.2) is 5.13 Å². The number of hydrogen-bond acceptors (Lipinski definition) is 5. The summed E-state index contributed by atoms with van der Waals surface area (Å²) in [6.07, 6.45) is 2.95. The molecule has 0 aliphatic carbocycles. The molecule has 2 aromatic rings. The average Bonchev–Trinajstić information content (AvgIpc) is 2.87. The molecule has 0 aliphatic heterocycles. The van der Waals surface area contributed by atoms with Crippen molar-refractivity contribution in [3.8, 4) is 0 Å². The number of imidazole rings is 1. The first-order valence-electron chi connectivity index (χ1n) is 5.00. The highest BCUT2D eigenvalue weighted by Crippen LogP contribution is 2.16. The molecule has 18 heavy (non-hydrogen) atoms. The second-order valence-electron chi connectivity index (χ2n) is 3.59. The van der Waals surface area contributed by atoms with Gasteiger partial charge in [0.2, 0.25) is 0 Å². The van der Waals surface area contributed by atoms with Gasteiger partial charge >= 0.3 is 5.97 Å². The maximum Gasteiger partial charge on any atom is 0.309 e. The Balaban J connectivity index is 2.03. The molecule has 0 spiro atoms. The number of hydrogen-bond donors (Lipinski definition) is 2. The number of thiazole rings is 1. The predicted molar refractivity (Wildman–Crippen MR) is 64.6 cm³/mol. The lowest BCUT2D eigenvalue weighted by Gasteiger charge is -1.97. The first-order valence-corrected chi connectivity index (χ1v) is 5.88. The number of rotatable bonds is 4. The third-order valence-electron chi connectivity index (χ3n) is 2.04. The van der Waals surface area contributed by atoms with E-state index in [0.717, 1.165) is 0 Å². The van der Waals surface area contributed by atoms with Crippen molar-refractivity contribution in [2.75, 3.05) is 5.32 Å². The smallest absolute Gasteiger partial charge is 0.309 e. The lowest BCUT2D eigenvalue weighted by Crippen LogP contribution is -2.12. The summed E-state index contributed by atoms with van der Waals surface area (Å²) < 4.78 is 1.66. The number of carbonyl (C=O) groups is 2. The van der Waals surface area contributed by atoms with Crippen molar-refractivity contribution in [3.63, 3.8) is 0 Å². The number of amides is 1. The maximum atomic E-state index is 11.7. The molecule has 0 bridgehead atoms. The normalized spacial score (nSPS) is 10.3. The Kier molecular flexibility index (Phi) is 3.38. The molecule has 94 valence electrons. The zero-order valence-corrected chi connectivity index (χ0v) is 10.3. The van der Waals surface area contributed by atoms with Gasteiger partial charge in [-0.05, 0) is 0 Å². The van der Waals surface area contributed by atoms with Crippen molar-refractivity contribution in [2.45, 2.75) is 6.42 Å². The second kappa shape index (κ2) is 4.96. The summed E-state index contributed by atoms with van der Waals surface area (Å²) in [6, 6.07) is 0. The van der Waals surface area contributed by atoms with Gasteiger partial charge in [0.25, 0.3) is 5.91 Å². The van der Waals surface area contributed by atoms with E-state index in [1.54, 1.807) is 23.2 Å². The molecule has 0 atom stereocenters. The summed E-state index contributed by atoms with van der Waals surface area (Å²) in [4.78, 5) is 30.1. The minimum atomic E-state index is -0.956. The Labute approximate surface area is 106 Å². The van der Waals surface area contributed by atoms with E-state index < -0.39 is 5.97 Å². The highest BCUT2D eigenvalue weighted by Gasteiger charge is 2.12. The highest BCUT2D eigenvalue weighted by molar-refractivity contribution is 7.14. The van der Waals surface area contributed by atoms with Gasteiger partial charge < -0.3 is 9.67 Å². The van der Waals surface area contributed by atoms with Crippen LogP contribution in [0.4, 0.5) is 5.13 Å². The average molecular weight is 266 g/mol. The van der Waals surface area contributed by atoms with Gasteiger partial charge in [-0.2, -0.15) is 0 Å². The molecule has 8 heteroatoms. The predicted octanol–water partition coefficient (Wildman–Crippen LogP) is 0.756. The fourth-order valence-corrected chi connectivity index (χ4v) is 2.00. The van der Waals surface area contributed by atoms with Crippen LogP contribution in [-0.4, -0.2) is 31.5 Å². The molecule has 0 aromatic carbocycles. The topological polar surface area (TPSA) is 97.1 Å². The van der Waals surface area contributed by atoms with Crippen LogP contribution in [0.5, 0.6) is 0 Å². The standard InChI is InChI=1S/C10H10N4O3S/c1-14-3-7(11-5-14)9(17)13-10-12-6(4-18-10)2-8(15)16/h3-5H,2H2,1H3,(H,15,16)(H,12,13,17). The van der Waals surface area contributed by atoms with Gasteiger partial charge in [0, 0.05) is 18.6 Å². The van der Waals surface area contributed by atoms with E-state index in [9.17, 15) is 9.59 Å². The lowest BCUT2D eigenvalue weighted by molar-refractivity contribution is -0.136.